The molecule has 0 saturated carbocycles. The van der Waals surface area contributed by atoms with Crippen molar-refractivity contribution in [2.24, 2.45) is 0 Å². The van der Waals surface area contributed by atoms with Gasteiger partial charge in [-0.3, -0.25) is 4.40 Å². The smallest absolute Gasteiger partial charge is 0.155 e. The van der Waals surface area contributed by atoms with Crippen LogP contribution < -0.4 is 5.32 Å². The minimum Gasteiger partial charge on any atom is -0.337 e. The topological polar surface area (TPSA) is 60.0 Å². The van der Waals surface area contributed by atoms with Gasteiger partial charge in [0.15, 0.2) is 5.65 Å². The Morgan fingerprint density at radius 1 is 1.19 bits per heavy atom. The van der Waals surface area contributed by atoms with E-state index in [0.29, 0.717) is 0 Å². The van der Waals surface area contributed by atoms with Gasteiger partial charge in [0, 0.05) is 31.7 Å². The van der Waals surface area contributed by atoms with Gasteiger partial charge < -0.3 is 9.88 Å². The lowest BCUT2D eigenvalue weighted by molar-refractivity contribution is 0.564. The molecule has 0 aliphatic heterocycles. The molecule has 0 saturated heterocycles. The maximum absolute atomic E-state index is 4.34. The predicted octanol–water partition coefficient (Wildman–Crippen LogP) is 2.26. The molecule has 0 bridgehead atoms. The molecule has 1 N–H and O–H groups in total. The minimum absolute atomic E-state index is 0.808. The molecular formula is C14H17BrN6. The first kappa shape index (κ1) is 14.2. The van der Waals surface area contributed by atoms with Gasteiger partial charge >= 0.3 is 0 Å². The summed E-state index contributed by atoms with van der Waals surface area (Å²) in [5.41, 5.74) is 2.01. The van der Waals surface area contributed by atoms with Crippen molar-refractivity contribution in [3.05, 3.63) is 47.6 Å². The predicted molar refractivity (Wildman–Crippen MR) is 83.9 cm³/mol. The minimum atomic E-state index is 0.808. The van der Waals surface area contributed by atoms with Crippen LogP contribution in [0, 0.1) is 0 Å². The molecule has 6 nitrogen and oxygen atoms in total. The second kappa shape index (κ2) is 6.82. The lowest BCUT2D eigenvalue weighted by Gasteiger charge is -2.05. The molecule has 3 rings (SSSR count). The van der Waals surface area contributed by atoms with Gasteiger partial charge in [-0.15, -0.1) is 0 Å². The fraction of sp³-hybridized carbons (Fsp3) is 0.357. The molecule has 3 aromatic heterocycles. The van der Waals surface area contributed by atoms with Crippen molar-refractivity contribution >= 4 is 21.6 Å². The number of halogens is 1. The first-order valence-electron chi connectivity index (χ1n) is 6.97. The monoisotopic (exact) mass is 348 g/mol. The molecule has 3 aromatic rings. The van der Waals surface area contributed by atoms with Crippen LogP contribution in [0.5, 0.6) is 0 Å². The molecule has 0 fully saturated rings. The summed E-state index contributed by atoms with van der Waals surface area (Å²) in [5, 5.41) is 3.46. The first-order valence-corrected chi connectivity index (χ1v) is 7.76. The largest absolute Gasteiger partial charge is 0.337 e. The van der Waals surface area contributed by atoms with Crippen LogP contribution in [-0.2, 0) is 13.1 Å². The number of fused-ring (bicyclic) bond motifs is 1. The average Bonchev–Trinajstić information content (AvgIpc) is 3.12. The summed E-state index contributed by atoms with van der Waals surface area (Å²) in [6.07, 6.45) is 13.6. The van der Waals surface area contributed by atoms with Gasteiger partial charge in [-0.2, -0.15) is 0 Å². The molecule has 0 aliphatic carbocycles. The number of aryl methyl sites for hydroxylation is 1. The van der Waals surface area contributed by atoms with E-state index >= 15 is 0 Å². The second-order valence-electron chi connectivity index (χ2n) is 4.87. The molecule has 0 spiro atoms. The molecule has 0 aliphatic rings. The lowest BCUT2D eigenvalue weighted by Crippen LogP contribution is -2.16. The number of nitrogens with one attached hydrogen (secondary N) is 1. The molecule has 3 heterocycles. The molecule has 7 heteroatoms. The summed E-state index contributed by atoms with van der Waals surface area (Å²) in [7, 11) is 0. The highest BCUT2D eigenvalue weighted by Crippen LogP contribution is 2.10. The highest BCUT2D eigenvalue weighted by atomic mass is 79.9. The molecule has 0 aromatic carbocycles. The first-order chi connectivity index (χ1) is 10.3. The number of aromatic nitrogens is 5. The van der Waals surface area contributed by atoms with Gasteiger partial charge in [0.2, 0.25) is 0 Å². The van der Waals surface area contributed by atoms with Crippen molar-refractivity contribution < 1.29 is 0 Å². The summed E-state index contributed by atoms with van der Waals surface area (Å²) < 4.78 is 4.97. The van der Waals surface area contributed by atoms with E-state index in [1.165, 1.54) is 0 Å². The fourth-order valence-corrected chi connectivity index (χ4v) is 2.53. The van der Waals surface area contributed by atoms with Crippen LogP contribution in [-0.4, -0.2) is 30.5 Å². The van der Waals surface area contributed by atoms with Gasteiger partial charge in [0.25, 0.3) is 0 Å². The maximum atomic E-state index is 4.34. The van der Waals surface area contributed by atoms with Crippen molar-refractivity contribution in [3.63, 3.8) is 0 Å². The van der Waals surface area contributed by atoms with Crippen LogP contribution >= 0.6 is 15.9 Å². The fourth-order valence-electron chi connectivity index (χ4n) is 2.23. The number of nitrogens with zero attached hydrogens (tertiary/aromatic N) is 5. The Morgan fingerprint density at radius 3 is 3.00 bits per heavy atom. The summed E-state index contributed by atoms with van der Waals surface area (Å²) >= 11 is 3.38. The van der Waals surface area contributed by atoms with Gasteiger partial charge in [-0.25, -0.2) is 15.0 Å². The Labute approximate surface area is 131 Å². The quantitative estimate of drug-likeness (QED) is 0.665. The Bertz CT molecular complexity index is 691. The van der Waals surface area contributed by atoms with E-state index in [2.05, 4.69) is 45.2 Å². The van der Waals surface area contributed by atoms with E-state index < -0.39 is 0 Å². The Hall–Kier alpha value is -1.73. The summed E-state index contributed by atoms with van der Waals surface area (Å²) in [4.78, 5) is 12.5. The molecular weight excluding hydrogens is 332 g/mol. The molecule has 110 valence electrons. The summed E-state index contributed by atoms with van der Waals surface area (Å²) in [6, 6.07) is 0. The van der Waals surface area contributed by atoms with Crippen molar-refractivity contribution in [2.75, 3.05) is 6.54 Å². The number of rotatable bonds is 7. The van der Waals surface area contributed by atoms with Crippen LogP contribution in [0.4, 0.5) is 0 Å². The molecule has 0 unspecified atom stereocenters. The highest BCUT2D eigenvalue weighted by molar-refractivity contribution is 9.10. The van der Waals surface area contributed by atoms with Crippen LogP contribution in [0.25, 0.3) is 5.65 Å². The van der Waals surface area contributed by atoms with Crippen LogP contribution in [0.2, 0.25) is 0 Å². The van der Waals surface area contributed by atoms with E-state index in [0.717, 1.165) is 48.4 Å². The van der Waals surface area contributed by atoms with E-state index in [-0.39, 0.29) is 0 Å². The number of unbranched alkanes of at least 4 members (excludes halogenated alkanes) is 1. The third kappa shape index (κ3) is 3.68. The second-order valence-corrected chi connectivity index (χ2v) is 5.68. The van der Waals surface area contributed by atoms with Crippen molar-refractivity contribution in [2.45, 2.75) is 25.9 Å². The number of hydrogen-bond acceptors (Lipinski definition) is 4. The van der Waals surface area contributed by atoms with E-state index in [9.17, 15) is 0 Å². The third-order valence-corrected chi connectivity index (χ3v) is 3.74. The van der Waals surface area contributed by atoms with Gasteiger partial charge in [0.05, 0.1) is 24.4 Å². The third-order valence-electron chi connectivity index (χ3n) is 3.33. The van der Waals surface area contributed by atoms with Gasteiger partial charge in [-0.1, -0.05) is 0 Å². The van der Waals surface area contributed by atoms with E-state index in [4.69, 9.17) is 0 Å². The Morgan fingerprint density at radius 2 is 2.14 bits per heavy atom. The Kier molecular flexibility index (Phi) is 4.62. The number of hydrogen-bond donors (Lipinski definition) is 1. The lowest BCUT2D eigenvalue weighted by atomic mass is 10.3. The normalized spacial score (nSPS) is 11.3. The molecule has 21 heavy (non-hydrogen) atoms. The van der Waals surface area contributed by atoms with Crippen molar-refractivity contribution in [1.29, 1.82) is 0 Å². The zero-order valence-electron chi connectivity index (χ0n) is 11.6. The molecule has 0 radical (unpaired) electrons. The van der Waals surface area contributed by atoms with E-state index in [1.54, 1.807) is 6.20 Å². The Balaban J connectivity index is 1.43. The molecule has 0 amide bonds. The summed E-state index contributed by atoms with van der Waals surface area (Å²) in [6.45, 7) is 2.83. The van der Waals surface area contributed by atoms with Gasteiger partial charge in [-0.05, 0) is 35.3 Å². The van der Waals surface area contributed by atoms with Crippen molar-refractivity contribution in [3.8, 4) is 0 Å². The zero-order valence-corrected chi connectivity index (χ0v) is 13.2. The van der Waals surface area contributed by atoms with Crippen LogP contribution in [0.3, 0.4) is 0 Å². The van der Waals surface area contributed by atoms with Crippen LogP contribution in [0.15, 0.2) is 41.9 Å². The zero-order chi connectivity index (χ0) is 14.5. The maximum Gasteiger partial charge on any atom is 0.155 e. The standard InChI is InChI=1S/C14H17BrN6/c15-13-10-21-12(8-19-14(21)9-18-13)7-16-3-1-2-5-20-6-4-17-11-20/h4,6,8-11,16H,1-3,5,7H2. The SMILES string of the molecule is Brc1cn2c(CNCCCCn3ccnc3)cnc2cn1. The van der Waals surface area contributed by atoms with Crippen LogP contribution in [0.1, 0.15) is 18.5 Å². The highest BCUT2D eigenvalue weighted by Gasteiger charge is 2.03. The average molecular weight is 349 g/mol. The number of imidazole rings is 2. The molecule has 0 atom stereocenters. The van der Waals surface area contributed by atoms with E-state index in [1.807, 2.05) is 31.1 Å². The van der Waals surface area contributed by atoms with Gasteiger partial charge in [0.1, 0.15) is 4.60 Å². The summed E-state index contributed by atoms with van der Waals surface area (Å²) in [5.74, 6) is 0. The van der Waals surface area contributed by atoms with Crippen molar-refractivity contribution in [1.82, 2.24) is 29.2 Å².